The average molecular weight is 1740 g/mol. The number of fused-ring (bicyclic) bond motifs is 2. The van der Waals surface area contributed by atoms with Gasteiger partial charge in [-0.25, -0.2) is 24.4 Å². The van der Waals surface area contributed by atoms with E-state index in [0.29, 0.717) is 71.2 Å². The van der Waals surface area contributed by atoms with Crippen LogP contribution in [0.15, 0.2) is 79.0 Å². The Morgan fingerprint density at radius 3 is 2.25 bits per heavy atom. The van der Waals surface area contributed by atoms with E-state index in [1.165, 1.54) is 41.4 Å². The van der Waals surface area contributed by atoms with Crippen molar-refractivity contribution in [3.8, 4) is 11.1 Å². The number of rotatable bonds is 38. The monoisotopic (exact) mass is 1730 g/mol. The minimum absolute atomic E-state index is 0.0226. The highest BCUT2D eigenvalue weighted by Gasteiger charge is 2.66. The summed E-state index contributed by atoms with van der Waals surface area (Å²) in [6.45, 7) is 9.69. The normalized spacial score (nSPS) is 24.9. The smallest absolute Gasteiger partial charge is 0.410 e. The van der Waals surface area contributed by atoms with Gasteiger partial charge in [-0.05, 0) is 171 Å². The number of carboxylic acid groups (broad SMARTS) is 3. The summed E-state index contributed by atoms with van der Waals surface area (Å²) in [6, 6.07) is 16.5. The van der Waals surface area contributed by atoms with Crippen molar-refractivity contribution in [2.24, 2.45) is 22.2 Å². The second kappa shape index (κ2) is 37.9. The number of nitrogens with zero attached hydrogens (tertiary/aromatic N) is 7. The first-order chi connectivity index (χ1) is 57.7. The maximum atomic E-state index is 14.6. The van der Waals surface area contributed by atoms with Crippen LogP contribution >= 0.6 is 11.3 Å². The van der Waals surface area contributed by atoms with E-state index in [4.69, 9.17) is 34.1 Å². The summed E-state index contributed by atoms with van der Waals surface area (Å²) >= 11 is 1.38. The summed E-state index contributed by atoms with van der Waals surface area (Å²) < 4.78 is 58.9. The fraction of sp³-hybridized carbons (Fsp3) is 0.554. The fourth-order valence-electron chi connectivity index (χ4n) is 19.3. The van der Waals surface area contributed by atoms with Gasteiger partial charge >= 0.3 is 24.0 Å². The number of anilines is 3. The first-order valence-corrected chi connectivity index (χ1v) is 43.1. The Bertz CT molecular complexity index is 5010. The van der Waals surface area contributed by atoms with Crippen LogP contribution in [0.4, 0.5) is 21.4 Å². The Labute approximate surface area is 707 Å². The van der Waals surface area contributed by atoms with Gasteiger partial charge in [0.25, 0.3) is 16.0 Å². The number of nitrogens with one attached hydrogen (secondary N) is 5. The molecule has 7 amide bonds. The molecule has 4 aliphatic carbocycles. The quantitative estimate of drug-likeness (QED) is 0.0191. The number of para-hydroxylation sites is 1. The predicted octanol–water partition coefficient (Wildman–Crippen LogP) is 4.20. The largest absolute Gasteiger partial charge is 0.481 e. The van der Waals surface area contributed by atoms with Crippen molar-refractivity contribution in [1.29, 1.82) is 0 Å². The topological polar surface area (TPSA) is 537 Å². The number of aromatic nitrogens is 4. The second-order valence-electron chi connectivity index (χ2n) is 34.3. The number of pyridine rings is 1. The number of carbonyl (C=O) groups is 10. The number of hydrogen-bond donors (Lipinski definition) is 14. The number of carbonyl (C=O) groups excluding carboxylic acids is 7. The number of amides is 7. The van der Waals surface area contributed by atoms with Crippen molar-refractivity contribution < 1.29 is 121 Å². The van der Waals surface area contributed by atoms with Crippen LogP contribution in [0.5, 0.6) is 0 Å². The molecule has 2 saturated heterocycles. The molecule has 3 aliphatic heterocycles. The van der Waals surface area contributed by atoms with Gasteiger partial charge in [0.15, 0.2) is 16.9 Å². The average Bonchev–Trinajstić information content (AvgIpc) is 0.784. The zero-order chi connectivity index (χ0) is 88.1. The van der Waals surface area contributed by atoms with E-state index < -0.39 is 181 Å². The number of hydrogen-bond acceptors (Lipinski definition) is 26. The molecule has 39 heteroatoms. The van der Waals surface area contributed by atoms with E-state index in [9.17, 15) is 96.7 Å². The summed E-state index contributed by atoms with van der Waals surface area (Å²) in [4.78, 5) is 147. The third-order valence-corrected chi connectivity index (χ3v) is 25.6. The molecule has 2 unspecified atom stereocenters. The van der Waals surface area contributed by atoms with E-state index in [1.54, 1.807) is 38.2 Å². The Kier molecular flexibility index (Phi) is 28.3. The molecule has 3 aromatic heterocycles. The highest BCUT2D eigenvalue weighted by molar-refractivity contribution is 7.85. The summed E-state index contributed by atoms with van der Waals surface area (Å²) in [5, 5.41) is 101. The molecule has 0 spiro atoms. The maximum Gasteiger partial charge on any atom is 0.410 e. The molecule has 3 aromatic carbocycles. The molecule has 4 bridgehead atoms. The number of aliphatic carboxylic acids is 2. The Hall–Kier alpha value is -10.2. The lowest BCUT2D eigenvalue weighted by atomic mass is 9.39. The van der Waals surface area contributed by atoms with Crippen LogP contribution < -0.4 is 31.5 Å². The van der Waals surface area contributed by atoms with Crippen LogP contribution in [0.25, 0.3) is 21.3 Å². The molecule has 0 radical (unpaired) electrons. The van der Waals surface area contributed by atoms with Crippen LogP contribution in [0.3, 0.4) is 0 Å². The van der Waals surface area contributed by atoms with Gasteiger partial charge in [0.2, 0.25) is 29.5 Å². The van der Waals surface area contributed by atoms with Crippen molar-refractivity contribution in [1.82, 2.24) is 45.5 Å². The zero-order valence-corrected chi connectivity index (χ0v) is 70.2. The highest BCUT2D eigenvalue weighted by Crippen LogP contribution is 2.72. The number of aliphatic hydroxyl groups is 5. The fourth-order valence-corrected chi connectivity index (χ4v) is 20.4. The van der Waals surface area contributed by atoms with Crippen LogP contribution in [0, 0.1) is 29.1 Å². The predicted molar refractivity (Wildman–Crippen MR) is 439 cm³/mol. The summed E-state index contributed by atoms with van der Waals surface area (Å²) in [6.07, 6.45) is -5.48. The number of likely N-dealkylation sites (tertiary alicyclic amines) is 1. The molecule has 6 aromatic rings. The van der Waals surface area contributed by atoms with Crippen molar-refractivity contribution in [2.45, 2.75) is 211 Å². The Morgan fingerprint density at radius 1 is 0.803 bits per heavy atom. The molecule has 4 saturated carbocycles. The van der Waals surface area contributed by atoms with Crippen molar-refractivity contribution in [3.05, 3.63) is 118 Å². The van der Waals surface area contributed by atoms with Crippen LogP contribution in [0.1, 0.15) is 154 Å². The van der Waals surface area contributed by atoms with Crippen molar-refractivity contribution >= 4 is 108 Å². The van der Waals surface area contributed by atoms with E-state index in [2.05, 4.69) is 45.4 Å². The van der Waals surface area contributed by atoms with Gasteiger partial charge in [-0.15, -0.1) is 0 Å². The van der Waals surface area contributed by atoms with Crippen LogP contribution in [-0.2, 0) is 95.2 Å². The molecular formula is C83H106N12O25S2. The number of aromatic carboxylic acids is 1. The minimum Gasteiger partial charge on any atom is -0.481 e. The van der Waals surface area contributed by atoms with E-state index >= 15 is 0 Å². The number of ether oxygens (including phenoxy) is 4. The highest BCUT2D eigenvalue weighted by atomic mass is 32.2. The Balaban J connectivity index is 0.701. The first kappa shape index (κ1) is 91.0. The lowest BCUT2D eigenvalue weighted by Gasteiger charge is -2.69. The summed E-state index contributed by atoms with van der Waals surface area (Å²) in [5.41, 5.74) is 4.18. The van der Waals surface area contributed by atoms with E-state index in [-0.39, 0.29) is 85.5 Å². The van der Waals surface area contributed by atoms with Gasteiger partial charge in [0.05, 0.1) is 85.4 Å². The standard InChI is InChI=1S/C83H106N12O25S2/c1-45(2)66(90-64(99)34-94-52(37-117-28-29-122(114,115)116)31-59(75(94)108)87-63(98)20-21-65(100)101)74(107)85-46(3)72(105)86-51-16-14-50(49(30-51)15-18-60-68(102)69(103)70(104)71(120-60)77(111)112)36-118-79(113)92(25-23-53(97)35-96)26-27-119-83-41-80(5)38-81(6,42-83)40-82(39-80,43-83)44-95-47(4)56(32-84-95)54-17-19-62(89-67(54)76(109)110)93-24-22-48-10-9-11-55(57(48)33-93)73(106)91-78-88-58-12-7-8-13-61(58)121-78/h7-14,16-17,19,30,32,45-46,52-53,59-60,66,68-71,96-97,102-104H,15,18,20-29,31,33-44H2,1-6H3,(H,85,107)(H,86,105)(H,87,98)(H,90,99)(H,100,101)(H,109,110)(H,111,112)(H,88,91,106)(H,114,115,116)/t46-,52-,53-,59-,60-,66-,68-,69+,70-,71-,80?,81?,82?,83?/m0/s1. The van der Waals surface area contributed by atoms with Crippen LogP contribution in [-0.4, -0.2) is 268 Å². The molecule has 6 heterocycles. The van der Waals surface area contributed by atoms with Gasteiger partial charge in [-0.2, -0.15) is 13.5 Å². The number of aryl methyl sites for hydroxylation is 1. The zero-order valence-electron chi connectivity index (χ0n) is 68.5. The van der Waals surface area contributed by atoms with Crippen molar-refractivity contribution in [3.63, 3.8) is 0 Å². The van der Waals surface area contributed by atoms with Gasteiger partial charge < -0.3 is 95.8 Å². The lowest BCUT2D eigenvalue weighted by molar-refractivity contribution is -0.248. The number of aliphatic hydroxyl groups excluding tert-OH is 5. The van der Waals surface area contributed by atoms with Crippen LogP contribution in [0.2, 0.25) is 0 Å². The summed E-state index contributed by atoms with van der Waals surface area (Å²) in [7, 11) is -4.44. The number of benzene rings is 3. The lowest BCUT2D eigenvalue weighted by Crippen LogP contribution is -2.64. The maximum absolute atomic E-state index is 14.6. The third kappa shape index (κ3) is 21.7. The molecule has 122 heavy (non-hydrogen) atoms. The van der Waals surface area contributed by atoms with Gasteiger partial charge in [-0.1, -0.05) is 69.4 Å². The molecule has 13 rings (SSSR count). The van der Waals surface area contributed by atoms with Crippen molar-refractivity contribution in [2.75, 3.05) is 73.9 Å². The molecule has 37 nitrogen and oxygen atoms in total. The molecule has 12 atom stereocenters. The summed E-state index contributed by atoms with van der Waals surface area (Å²) in [5.74, 6) is -9.40. The minimum atomic E-state index is -4.44. The molecule has 660 valence electrons. The third-order valence-electron chi connectivity index (χ3n) is 24.0. The number of carboxylic acids is 3. The second-order valence-corrected chi connectivity index (χ2v) is 36.9. The Morgan fingerprint density at radius 2 is 1.55 bits per heavy atom. The van der Waals surface area contributed by atoms with Gasteiger partial charge in [-0.3, -0.25) is 48.1 Å². The first-order valence-electron chi connectivity index (χ1n) is 40.7. The molecular weight excluding hydrogens is 1630 g/mol. The van der Waals surface area contributed by atoms with E-state index in [0.717, 1.165) is 64.0 Å². The SMILES string of the molecule is Cc1c(-c2ccc(N3CCc4cccc(C(=O)Nc5nc6ccccc6s5)c4C3)nc2C(=O)O)cnn1CC12CC3(C)CC(C)(C1)CC(OCCN(CC[C@H](O)CO)C(=O)OCc1ccc(NC(=O)[C@H](C)NC(=O)[C@@H](NC(=O)CN4C(=O)[C@@H](NC(=O)CCC(=O)O)C[C@H]4COCCS(=O)(=O)O)C(C)C)cc1CC[C@@H]1O[C@H](C(=O)O)[C@@H](O)[C@H](O)[C@H]1O)(C3)C2. The number of thiazole rings is 1. The molecule has 14 N–H and O–H groups in total. The van der Waals surface area contributed by atoms with E-state index in [1.807, 2.05) is 52.9 Å². The molecule has 7 aliphatic rings. The molecule has 6 fully saturated rings. The van der Waals surface area contributed by atoms with Gasteiger partial charge in [0, 0.05) is 67.2 Å². The van der Waals surface area contributed by atoms with Gasteiger partial charge in [0.1, 0.15) is 48.9 Å².